The molecule has 0 spiro atoms. The van der Waals surface area contributed by atoms with Crippen molar-refractivity contribution in [2.75, 3.05) is 12.8 Å². The zero-order valence-corrected chi connectivity index (χ0v) is 11.5. The van der Waals surface area contributed by atoms with Gasteiger partial charge in [-0.2, -0.15) is 5.26 Å². The highest BCUT2D eigenvalue weighted by Crippen LogP contribution is 2.38. The fourth-order valence-corrected chi connectivity index (χ4v) is 2.29. The number of nitrogen functional groups attached to an aromatic ring is 1. The maximum atomic E-state index is 9.22. The van der Waals surface area contributed by atoms with E-state index in [0.29, 0.717) is 11.3 Å². The first-order valence-electron chi connectivity index (χ1n) is 5.94. The van der Waals surface area contributed by atoms with Crippen LogP contribution in [0.4, 0.5) is 5.88 Å². The first-order valence-corrected chi connectivity index (χ1v) is 5.94. The van der Waals surface area contributed by atoms with Gasteiger partial charge < -0.3 is 14.9 Å². The Morgan fingerprint density at radius 1 is 1.21 bits per heavy atom. The van der Waals surface area contributed by atoms with Crippen LogP contribution >= 0.6 is 0 Å². The number of aryl methyl sites for hydroxylation is 1. The second-order valence-electron chi connectivity index (χ2n) is 4.45. The molecule has 1 aromatic carbocycles. The molecule has 0 aliphatic heterocycles. The summed E-state index contributed by atoms with van der Waals surface area (Å²) in [5, 5.41) is 9.22. The molecule has 98 valence electrons. The monoisotopic (exact) mass is 256 g/mol. The molecule has 0 fully saturated rings. The lowest BCUT2D eigenvalue weighted by Crippen LogP contribution is -1.94. The molecule has 0 amide bonds. The Morgan fingerprint density at radius 3 is 2.47 bits per heavy atom. The summed E-state index contributed by atoms with van der Waals surface area (Å²) in [6.07, 6.45) is 0. The van der Waals surface area contributed by atoms with E-state index < -0.39 is 0 Å². The van der Waals surface area contributed by atoms with Gasteiger partial charge in [0.15, 0.2) is 0 Å². The second-order valence-corrected chi connectivity index (χ2v) is 4.45. The zero-order valence-electron chi connectivity index (χ0n) is 11.5. The molecule has 2 N–H and O–H groups in total. The van der Waals surface area contributed by atoms with Gasteiger partial charge in [-0.05, 0) is 43.5 Å². The molecule has 19 heavy (non-hydrogen) atoms. The number of rotatable bonds is 2. The van der Waals surface area contributed by atoms with Gasteiger partial charge in [-0.25, -0.2) is 0 Å². The van der Waals surface area contributed by atoms with Crippen LogP contribution in [0, 0.1) is 32.1 Å². The molecule has 1 heterocycles. The number of methoxy groups -OCH3 is 1. The fourth-order valence-electron chi connectivity index (χ4n) is 2.29. The Bertz CT molecular complexity index is 678. The summed E-state index contributed by atoms with van der Waals surface area (Å²) in [7, 11) is 1.64. The highest BCUT2D eigenvalue weighted by Gasteiger charge is 2.20. The van der Waals surface area contributed by atoms with Crippen LogP contribution < -0.4 is 10.5 Å². The minimum Gasteiger partial charge on any atom is -0.496 e. The maximum Gasteiger partial charge on any atom is 0.209 e. The largest absolute Gasteiger partial charge is 0.496 e. The number of nitrogens with two attached hydrogens (primary N) is 1. The first-order chi connectivity index (χ1) is 9.01. The number of hydrogen-bond donors (Lipinski definition) is 1. The molecular weight excluding hydrogens is 240 g/mol. The van der Waals surface area contributed by atoms with Crippen LogP contribution in [-0.4, -0.2) is 7.11 Å². The third-order valence-electron chi connectivity index (χ3n) is 3.45. The number of nitriles is 1. The predicted octanol–water partition coefficient (Wildman–Crippen LogP) is 3.33. The Balaban J connectivity index is 2.74. The van der Waals surface area contributed by atoms with Gasteiger partial charge in [-0.1, -0.05) is 6.07 Å². The van der Waals surface area contributed by atoms with E-state index in [4.69, 9.17) is 14.9 Å². The van der Waals surface area contributed by atoms with E-state index in [0.717, 1.165) is 28.0 Å². The van der Waals surface area contributed by atoms with Gasteiger partial charge in [0, 0.05) is 5.56 Å². The van der Waals surface area contributed by atoms with Crippen molar-refractivity contribution in [3.05, 3.63) is 34.6 Å². The smallest absolute Gasteiger partial charge is 0.209 e. The van der Waals surface area contributed by atoms with E-state index in [1.54, 1.807) is 7.11 Å². The van der Waals surface area contributed by atoms with Gasteiger partial charge in [0.05, 0.1) is 7.11 Å². The predicted molar refractivity (Wildman–Crippen MR) is 74.0 cm³/mol. The van der Waals surface area contributed by atoms with Crippen LogP contribution in [0.2, 0.25) is 0 Å². The summed E-state index contributed by atoms with van der Waals surface area (Å²) in [5.74, 6) is 1.65. The van der Waals surface area contributed by atoms with Gasteiger partial charge in [-0.3, -0.25) is 0 Å². The molecule has 4 heteroatoms. The lowest BCUT2D eigenvalue weighted by atomic mass is 9.94. The van der Waals surface area contributed by atoms with Crippen molar-refractivity contribution in [3.63, 3.8) is 0 Å². The van der Waals surface area contributed by atoms with Gasteiger partial charge in [0.25, 0.3) is 0 Å². The molecule has 2 aromatic rings. The minimum absolute atomic E-state index is 0.169. The summed E-state index contributed by atoms with van der Waals surface area (Å²) in [6.45, 7) is 5.80. The molecule has 0 aliphatic carbocycles. The van der Waals surface area contributed by atoms with Crippen LogP contribution in [0.25, 0.3) is 11.1 Å². The molecule has 0 aliphatic rings. The van der Waals surface area contributed by atoms with Crippen molar-refractivity contribution >= 4 is 5.88 Å². The quantitative estimate of drug-likeness (QED) is 0.894. The van der Waals surface area contributed by atoms with Crippen molar-refractivity contribution < 1.29 is 9.15 Å². The molecule has 0 saturated heterocycles. The van der Waals surface area contributed by atoms with Crippen LogP contribution in [0.15, 0.2) is 16.5 Å². The molecule has 0 bridgehead atoms. The van der Waals surface area contributed by atoms with E-state index in [-0.39, 0.29) is 5.88 Å². The van der Waals surface area contributed by atoms with E-state index in [2.05, 4.69) is 6.07 Å². The Kier molecular flexibility index (Phi) is 3.22. The average Bonchev–Trinajstić information content (AvgIpc) is 2.67. The standard InChI is InChI=1S/C15H16N2O2/c1-8-9(2)13(18-4)6-5-11(8)14-10(3)19-15(17)12(14)7-16/h5-6H,17H2,1-4H3. The van der Waals surface area contributed by atoms with Gasteiger partial charge >= 0.3 is 0 Å². The van der Waals surface area contributed by atoms with Crippen molar-refractivity contribution in [3.8, 4) is 22.9 Å². The summed E-state index contributed by atoms with van der Waals surface area (Å²) in [4.78, 5) is 0. The normalized spacial score (nSPS) is 10.3. The molecule has 0 unspecified atom stereocenters. The third kappa shape index (κ3) is 1.93. The molecule has 0 atom stereocenters. The summed E-state index contributed by atoms with van der Waals surface area (Å²) >= 11 is 0. The summed E-state index contributed by atoms with van der Waals surface area (Å²) < 4.78 is 10.7. The third-order valence-corrected chi connectivity index (χ3v) is 3.45. The van der Waals surface area contributed by atoms with E-state index in [1.165, 1.54) is 0 Å². The zero-order chi connectivity index (χ0) is 14.2. The number of nitrogens with zero attached hydrogens (tertiary/aromatic N) is 1. The molecule has 2 rings (SSSR count). The van der Waals surface area contributed by atoms with Crippen LogP contribution in [-0.2, 0) is 0 Å². The van der Waals surface area contributed by atoms with E-state index in [9.17, 15) is 5.26 Å². The minimum atomic E-state index is 0.169. The van der Waals surface area contributed by atoms with Gasteiger partial charge in [-0.15, -0.1) is 0 Å². The Labute approximate surface area is 112 Å². The van der Waals surface area contributed by atoms with Crippen molar-refractivity contribution in [1.82, 2.24) is 0 Å². The van der Waals surface area contributed by atoms with Crippen molar-refractivity contribution in [2.45, 2.75) is 20.8 Å². The number of hydrogen-bond acceptors (Lipinski definition) is 4. The lowest BCUT2D eigenvalue weighted by molar-refractivity contribution is 0.411. The van der Waals surface area contributed by atoms with E-state index in [1.807, 2.05) is 32.9 Å². The molecule has 0 radical (unpaired) electrons. The Morgan fingerprint density at radius 2 is 1.89 bits per heavy atom. The average molecular weight is 256 g/mol. The summed E-state index contributed by atoms with van der Waals surface area (Å²) in [5.41, 5.74) is 9.93. The fraction of sp³-hybridized carbons (Fsp3) is 0.267. The molecular formula is C15H16N2O2. The van der Waals surface area contributed by atoms with Crippen LogP contribution in [0.5, 0.6) is 5.75 Å². The highest BCUT2D eigenvalue weighted by atomic mass is 16.5. The SMILES string of the molecule is COc1ccc(-c2c(C)oc(N)c2C#N)c(C)c1C. The maximum absolute atomic E-state index is 9.22. The number of furan rings is 1. The molecule has 1 aromatic heterocycles. The number of anilines is 1. The van der Waals surface area contributed by atoms with Gasteiger partial charge in [0.2, 0.25) is 5.88 Å². The van der Waals surface area contributed by atoms with Crippen LogP contribution in [0.1, 0.15) is 22.5 Å². The van der Waals surface area contributed by atoms with Crippen LogP contribution in [0.3, 0.4) is 0 Å². The molecule has 4 nitrogen and oxygen atoms in total. The van der Waals surface area contributed by atoms with Gasteiger partial charge in [0.1, 0.15) is 23.1 Å². The first kappa shape index (κ1) is 13.0. The second kappa shape index (κ2) is 4.69. The van der Waals surface area contributed by atoms with Crippen molar-refractivity contribution in [2.24, 2.45) is 0 Å². The lowest BCUT2D eigenvalue weighted by Gasteiger charge is -2.12. The highest BCUT2D eigenvalue weighted by molar-refractivity contribution is 5.80. The van der Waals surface area contributed by atoms with E-state index >= 15 is 0 Å². The number of ether oxygens (including phenoxy) is 1. The molecule has 0 saturated carbocycles. The Hall–Kier alpha value is -2.41. The van der Waals surface area contributed by atoms with Crippen molar-refractivity contribution in [1.29, 1.82) is 5.26 Å². The number of benzene rings is 1. The topological polar surface area (TPSA) is 72.2 Å². The summed E-state index contributed by atoms with van der Waals surface area (Å²) in [6, 6.07) is 5.93.